The van der Waals surface area contributed by atoms with E-state index < -0.39 is 52.2 Å². The molecule has 36 heavy (non-hydrogen) atoms. The molecule has 0 fully saturated rings. The Labute approximate surface area is 211 Å². The Kier molecular flexibility index (Phi) is 7.21. The van der Waals surface area contributed by atoms with Crippen LogP contribution in [0.2, 0.25) is 10.0 Å². The van der Waals surface area contributed by atoms with Gasteiger partial charge in [-0.05, 0) is 51.1 Å². The molecule has 0 spiro atoms. The molecule has 1 heterocycles. The first-order valence-electron chi connectivity index (χ1n) is 10.1. The molecule has 1 atom stereocenters. The lowest BCUT2D eigenvalue weighted by Crippen LogP contribution is -2.43. The minimum atomic E-state index is -5.18. The van der Waals surface area contributed by atoms with Crippen molar-refractivity contribution in [3.63, 3.8) is 0 Å². The molecule has 1 amide bonds. The molecule has 0 saturated heterocycles. The van der Waals surface area contributed by atoms with E-state index in [0.29, 0.717) is 17.1 Å². The van der Waals surface area contributed by atoms with Crippen molar-refractivity contribution in [3.8, 4) is 0 Å². The summed E-state index contributed by atoms with van der Waals surface area (Å²) in [7, 11) is 0. The Morgan fingerprint density at radius 2 is 1.72 bits per heavy atom. The van der Waals surface area contributed by atoms with Gasteiger partial charge in [0.15, 0.2) is 0 Å². The van der Waals surface area contributed by atoms with Gasteiger partial charge in [-0.15, -0.1) is 0 Å². The van der Waals surface area contributed by atoms with Crippen molar-refractivity contribution in [1.29, 1.82) is 0 Å². The topological polar surface area (TPSA) is 77.2 Å². The zero-order chi connectivity index (χ0) is 27.3. The van der Waals surface area contributed by atoms with Crippen molar-refractivity contribution in [1.82, 2.24) is 0 Å². The molecular weight excluding hydrogens is 539 g/mol. The number of carbonyl (C=O) groups is 1. The van der Waals surface area contributed by atoms with Crippen molar-refractivity contribution in [2.75, 3.05) is 5.01 Å². The third-order valence-electron chi connectivity index (χ3n) is 5.01. The van der Waals surface area contributed by atoms with Gasteiger partial charge in [-0.2, -0.15) is 26.3 Å². The lowest BCUT2D eigenvalue weighted by atomic mass is 9.85. The Balaban J connectivity index is 2.01. The number of carbonyl (C=O) groups excluding carboxylic acids is 1. The normalized spacial score (nSPS) is 18.5. The van der Waals surface area contributed by atoms with E-state index >= 15 is 0 Å². The first-order chi connectivity index (χ1) is 16.3. The fourth-order valence-electron chi connectivity index (χ4n) is 3.33. The lowest BCUT2D eigenvalue weighted by molar-refractivity contribution is -0.276. The Bertz CT molecular complexity index is 1210. The summed E-state index contributed by atoms with van der Waals surface area (Å²) in [5.74, 6) is 5.80. The Morgan fingerprint density at radius 1 is 1.08 bits per heavy atom. The maximum absolute atomic E-state index is 14.3. The van der Waals surface area contributed by atoms with Crippen LogP contribution >= 0.6 is 23.2 Å². The molecule has 1 aliphatic heterocycles. The monoisotopic (exact) mass is 557 g/mol. The number of ether oxygens (including phenoxy) is 1. The molecule has 0 radical (unpaired) electrons. The van der Waals surface area contributed by atoms with E-state index in [-0.39, 0.29) is 22.0 Å². The summed E-state index contributed by atoms with van der Waals surface area (Å²) in [4.78, 5) is 17.1. The highest BCUT2D eigenvalue weighted by molar-refractivity contribution is 6.34. The van der Waals surface area contributed by atoms with Crippen molar-refractivity contribution in [2.45, 2.75) is 50.7 Å². The van der Waals surface area contributed by atoms with E-state index in [1.165, 1.54) is 18.2 Å². The van der Waals surface area contributed by atoms with Gasteiger partial charge in [-0.25, -0.2) is 15.6 Å². The van der Waals surface area contributed by atoms with Gasteiger partial charge in [0.05, 0.1) is 22.0 Å². The van der Waals surface area contributed by atoms with Gasteiger partial charge in [0.2, 0.25) is 0 Å². The number of alkyl halides is 6. The van der Waals surface area contributed by atoms with Gasteiger partial charge in [0, 0.05) is 22.6 Å². The lowest BCUT2D eigenvalue weighted by Gasteiger charge is -2.30. The van der Waals surface area contributed by atoms with E-state index in [1.807, 2.05) is 0 Å². The number of hydrogen-bond acceptors (Lipinski definition) is 5. The summed E-state index contributed by atoms with van der Waals surface area (Å²) in [6.45, 7) is 4.79. The zero-order valence-corrected chi connectivity index (χ0v) is 20.4. The largest absolute Gasteiger partial charge is 0.442 e. The second kappa shape index (κ2) is 9.31. The molecule has 2 aromatic carbocycles. The first-order valence-corrected chi connectivity index (χ1v) is 10.9. The highest BCUT2D eigenvalue weighted by atomic mass is 35.5. The second-order valence-electron chi connectivity index (χ2n) is 8.87. The average Bonchev–Trinajstić information content (AvgIpc) is 3.18. The van der Waals surface area contributed by atoms with E-state index in [4.69, 9.17) is 38.6 Å². The molecule has 14 heteroatoms. The van der Waals surface area contributed by atoms with Crippen molar-refractivity contribution in [3.05, 3.63) is 63.1 Å². The van der Waals surface area contributed by atoms with Crippen LogP contribution < -0.4 is 10.9 Å². The molecule has 2 aromatic rings. The summed E-state index contributed by atoms with van der Waals surface area (Å²) in [6.07, 6.45) is -12.1. The van der Waals surface area contributed by atoms with Crippen LogP contribution in [0.5, 0.6) is 0 Å². The fraction of sp³-hybridized carbons (Fsp3) is 0.364. The number of hydrazine groups is 1. The number of halogens is 8. The molecule has 0 aromatic heterocycles. The average molecular weight is 558 g/mol. The smallest absolute Gasteiger partial charge is 0.435 e. The number of amides is 1. The summed E-state index contributed by atoms with van der Waals surface area (Å²) < 4.78 is 87.7. The zero-order valence-electron chi connectivity index (χ0n) is 18.9. The van der Waals surface area contributed by atoms with Crippen LogP contribution in [0.3, 0.4) is 0 Å². The van der Waals surface area contributed by atoms with Crippen LogP contribution in [-0.2, 0) is 21.4 Å². The maximum atomic E-state index is 14.3. The molecule has 0 bridgehead atoms. The number of nitrogens with two attached hydrogens (primary N) is 1. The van der Waals surface area contributed by atoms with E-state index in [0.717, 1.165) is 6.07 Å². The first kappa shape index (κ1) is 27.9. The molecule has 3 rings (SSSR count). The number of oxime groups is 1. The molecule has 2 N–H and O–H groups in total. The molecule has 0 saturated carbocycles. The number of rotatable bonds is 3. The number of anilines is 1. The van der Waals surface area contributed by atoms with E-state index in [1.54, 1.807) is 20.8 Å². The summed E-state index contributed by atoms with van der Waals surface area (Å²) in [6, 6.07) is 5.29. The number of hydrogen-bond donors (Lipinski definition) is 1. The maximum Gasteiger partial charge on any atom is 0.435 e. The minimum Gasteiger partial charge on any atom is -0.442 e. The number of nitrogens with zero attached hydrogens (tertiary/aromatic N) is 2. The number of benzene rings is 2. The third-order valence-corrected chi connectivity index (χ3v) is 5.54. The highest BCUT2D eigenvalue weighted by Crippen LogP contribution is 2.50. The minimum absolute atomic E-state index is 0.0256. The standard InChI is InChI=1S/C22H19Cl2F6N3O3/c1-19(2,3)35-18(34)33(31)17-6-11(4-5-15(17)24)16-10-20(36-32-16,22(28,29)30)12-7-13(21(25,26)27)9-14(23)8-12/h4-9H,10,31H2,1-3H3. The highest BCUT2D eigenvalue weighted by Gasteiger charge is 2.62. The van der Waals surface area contributed by atoms with Crippen LogP contribution in [0.1, 0.15) is 43.9 Å². The van der Waals surface area contributed by atoms with Crippen LogP contribution in [0.4, 0.5) is 36.8 Å². The van der Waals surface area contributed by atoms with Gasteiger partial charge in [-0.3, -0.25) is 0 Å². The van der Waals surface area contributed by atoms with Crippen LogP contribution in [0, 0.1) is 0 Å². The van der Waals surface area contributed by atoms with Crippen LogP contribution in [-0.4, -0.2) is 23.6 Å². The van der Waals surface area contributed by atoms with Gasteiger partial charge in [-0.1, -0.05) is 34.4 Å². The van der Waals surface area contributed by atoms with E-state index in [9.17, 15) is 31.1 Å². The van der Waals surface area contributed by atoms with E-state index in [2.05, 4.69) is 5.16 Å². The Hall–Kier alpha value is -2.70. The van der Waals surface area contributed by atoms with Gasteiger partial charge >= 0.3 is 18.4 Å². The van der Waals surface area contributed by atoms with Gasteiger partial charge in [0.1, 0.15) is 5.60 Å². The molecule has 0 aliphatic carbocycles. The van der Waals surface area contributed by atoms with Crippen molar-refractivity contribution < 1.29 is 40.7 Å². The predicted molar refractivity (Wildman–Crippen MR) is 121 cm³/mol. The van der Waals surface area contributed by atoms with Crippen molar-refractivity contribution in [2.24, 2.45) is 11.0 Å². The van der Waals surface area contributed by atoms with Gasteiger partial charge in [0.25, 0.3) is 5.60 Å². The SMILES string of the molecule is CC(C)(C)OC(=O)N(N)c1cc(C2=NOC(c3cc(Cl)cc(C(F)(F)F)c3)(C(F)(F)F)C2)ccc1Cl. The summed E-state index contributed by atoms with van der Waals surface area (Å²) in [5, 5.41) is 3.48. The summed E-state index contributed by atoms with van der Waals surface area (Å²) >= 11 is 11.8. The second-order valence-corrected chi connectivity index (χ2v) is 9.72. The molecule has 1 unspecified atom stereocenters. The summed E-state index contributed by atoms with van der Waals surface area (Å²) in [5.41, 5.74) is -6.78. The van der Waals surface area contributed by atoms with Crippen LogP contribution in [0.15, 0.2) is 41.6 Å². The third kappa shape index (κ3) is 5.65. The molecule has 196 valence electrons. The Morgan fingerprint density at radius 3 is 2.28 bits per heavy atom. The fourth-order valence-corrected chi connectivity index (χ4v) is 3.77. The predicted octanol–water partition coefficient (Wildman–Crippen LogP) is 7.21. The molecule has 1 aliphatic rings. The van der Waals surface area contributed by atoms with Gasteiger partial charge < -0.3 is 9.57 Å². The molecule has 6 nitrogen and oxygen atoms in total. The van der Waals surface area contributed by atoms with Crippen LogP contribution in [0.25, 0.3) is 0 Å². The van der Waals surface area contributed by atoms with Crippen molar-refractivity contribution >= 4 is 40.7 Å². The quantitative estimate of drug-likeness (QED) is 0.187. The molecular formula is C22H19Cl2F6N3O3.